The zero-order valence-corrected chi connectivity index (χ0v) is 19.0. The van der Waals surface area contributed by atoms with Crippen molar-refractivity contribution in [3.8, 4) is 11.5 Å². The Hall–Kier alpha value is -4.34. The zero-order valence-electron chi connectivity index (χ0n) is 19.0. The highest BCUT2D eigenvalue weighted by atomic mass is 19.4. The van der Waals surface area contributed by atoms with Gasteiger partial charge in [0.05, 0.1) is 18.7 Å². The molecule has 10 heteroatoms. The third-order valence-electron chi connectivity index (χ3n) is 5.61. The van der Waals surface area contributed by atoms with Gasteiger partial charge in [0.25, 0.3) is 11.7 Å². The quantitative estimate of drug-likeness (QED) is 0.211. The molecule has 1 unspecified atom stereocenters. The number of anilines is 1. The van der Waals surface area contributed by atoms with Crippen molar-refractivity contribution in [2.24, 2.45) is 0 Å². The Morgan fingerprint density at radius 3 is 2.33 bits per heavy atom. The summed E-state index contributed by atoms with van der Waals surface area (Å²) in [4.78, 5) is 27.3. The molecule has 0 radical (unpaired) electrons. The Balaban J connectivity index is 1.93. The number of alkyl halides is 3. The van der Waals surface area contributed by atoms with E-state index >= 15 is 0 Å². The van der Waals surface area contributed by atoms with Crippen LogP contribution in [0.3, 0.4) is 0 Å². The lowest BCUT2D eigenvalue weighted by molar-refractivity contribution is -0.274. The zero-order chi connectivity index (χ0) is 26.2. The second-order valence-electron chi connectivity index (χ2n) is 7.95. The van der Waals surface area contributed by atoms with E-state index in [2.05, 4.69) is 4.74 Å². The molecule has 1 aliphatic heterocycles. The maximum Gasteiger partial charge on any atom is 0.573 e. The average Bonchev–Trinajstić information content (AvgIpc) is 3.10. The minimum Gasteiger partial charge on any atom is -0.507 e. The maximum atomic E-state index is 13.8. The third kappa shape index (κ3) is 4.74. The SMILES string of the molecule is COc1cccc(C2/C(=C(\O)c3ccc(F)c(C)c3)C(=O)C(=O)N2c2cccc(OC(F)(F)F)c2)c1. The molecule has 3 aromatic carbocycles. The minimum atomic E-state index is -4.97. The van der Waals surface area contributed by atoms with Gasteiger partial charge in [-0.3, -0.25) is 14.5 Å². The first-order valence-corrected chi connectivity index (χ1v) is 10.6. The first-order valence-electron chi connectivity index (χ1n) is 10.6. The van der Waals surface area contributed by atoms with Gasteiger partial charge in [-0.1, -0.05) is 18.2 Å². The van der Waals surface area contributed by atoms with E-state index in [0.717, 1.165) is 23.1 Å². The van der Waals surface area contributed by atoms with Crippen molar-refractivity contribution in [1.82, 2.24) is 0 Å². The number of carbonyl (C=O) groups is 2. The summed E-state index contributed by atoms with van der Waals surface area (Å²) in [5, 5.41) is 11.1. The van der Waals surface area contributed by atoms with Crippen LogP contribution in [0.15, 0.2) is 72.3 Å². The van der Waals surface area contributed by atoms with Crippen molar-refractivity contribution in [2.75, 3.05) is 12.0 Å². The number of aliphatic hydroxyl groups excluding tert-OH is 1. The van der Waals surface area contributed by atoms with Crippen LogP contribution in [-0.2, 0) is 9.59 Å². The highest BCUT2D eigenvalue weighted by Crippen LogP contribution is 2.43. The summed E-state index contributed by atoms with van der Waals surface area (Å²) in [7, 11) is 1.41. The Labute approximate surface area is 203 Å². The van der Waals surface area contributed by atoms with Gasteiger partial charge < -0.3 is 14.6 Å². The molecular weight excluding hydrogens is 482 g/mol. The van der Waals surface area contributed by atoms with Gasteiger partial charge in [-0.05, 0) is 60.5 Å². The fourth-order valence-corrected chi connectivity index (χ4v) is 4.00. The Morgan fingerprint density at radius 1 is 0.972 bits per heavy atom. The van der Waals surface area contributed by atoms with E-state index in [1.165, 1.54) is 44.4 Å². The normalized spacial score (nSPS) is 17.4. The van der Waals surface area contributed by atoms with Crippen molar-refractivity contribution >= 4 is 23.1 Å². The summed E-state index contributed by atoms with van der Waals surface area (Å²) >= 11 is 0. The molecule has 0 aromatic heterocycles. The first kappa shape index (κ1) is 24.8. The summed E-state index contributed by atoms with van der Waals surface area (Å²) in [5.41, 5.74) is 0.246. The average molecular weight is 501 g/mol. The Kier molecular flexibility index (Phi) is 6.45. The van der Waals surface area contributed by atoms with Crippen LogP contribution in [0, 0.1) is 12.7 Å². The van der Waals surface area contributed by atoms with Gasteiger partial charge in [0, 0.05) is 17.3 Å². The number of amides is 1. The maximum absolute atomic E-state index is 13.8. The second-order valence-corrected chi connectivity index (χ2v) is 7.95. The number of carbonyl (C=O) groups excluding carboxylic acids is 2. The van der Waals surface area contributed by atoms with E-state index in [-0.39, 0.29) is 22.4 Å². The number of Topliss-reactive ketones (excluding diaryl/α,β-unsaturated/α-hetero) is 1. The smallest absolute Gasteiger partial charge is 0.507 e. The van der Waals surface area contributed by atoms with Crippen molar-refractivity contribution in [3.05, 3.63) is 94.8 Å². The van der Waals surface area contributed by atoms with Crippen molar-refractivity contribution in [1.29, 1.82) is 0 Å². The van der Waals surface area contributed by atoms with Crippen LogP contribution in [0.2, 0.25) is 0 Å². The molecule has 186 valence electrons. The molecule has 1 heterocycles. The van der Waals surface area contributed by atoms with Crippen molar-refractivity contribution < 1.29 is 41.7 Å². The van der Waals surface area contributed by atoms with Crippen molar-refractivity contribution in [2.45, 2.75) is 19.3 Å². The molecule has 0 aliphatic carbocycles. The molecule has 1 N–H and O–H groups in total. The molecule has 0 bridgehead atoms. The number of nitrogens with zero attached hydrogens (tertiary/aromatic N) is 1. The number of ketones is 1. The van der Waals surface area contributed by atoms with Gasteiger partial charge in [0.1, 0.15) is 23.1 Å². The van der Waals surface area contributed by atoms with E-state index in [0.29, 0.717) is 11.3 Å². The topological polar surface area (TPSA) is 76.1 Å². The van der Waals surface area contributed by atoms with E-state index in [1.807, 2.05) is 0 Å². The summed E-state index contributed by atoms with van der Waals surface area (Å²) < 4.78 is 61.4. The second kappa shape index (κ2) is 9.37. The lowest BCUT2D eigenvalue weighted by atomic mass is 9.94. The minimum absolute atomic E-state index is 0.0685. The summed E-state index contributed by atoms with van der Waals surface area (Å²) in [5.74, 6) is -3.45. The van der Waals surface area contributed by atoms with Gasteiger partial charge in [-0.15, -0.1) is 13.2 Å². The third-order valence-corrected chi connectivity index (χ3v) is 5.61. The van der Waals surface area contributed by atoms with Crippen molar-refractivity contribution in [3.63, 3.8) is 0 Å². The molecule has 3 aromatic rings. The number of rotatable bonds is 5. The highest BCUT2D eigenvalue weighted by molar-refractivity contribution is 6.51. The van der Waals surface area contributed by atoms with E-state index in [4.69, 9.17) is 4.74 Å². The number of methoxy groups -OCH3 is 1. The van der Waals surface area contributed by atoms with Gasteiger partial charge in [0.15, 0.2) is 0 Å². The molecule has 1 amide bonds. The fraction of sp³-hybridized carbons (Fsp3) is 0.154. The molecule has 6 nitrogen and oxygen atoms in total. The van der Waals surface area contributed by atoms with E-state index in [1.54, 1.807) is 18.2 Å². The molecule has 1 saturated heterocycles. The van der Waals surface area contributed by atoms with Crippen LogP contribution >= 0.6 is 0 Å². The molecule has 1 atom stereocenters. The molecule has 0 spiro atoms. The van der Waals surface area contributed by atoms with E-state index < -0.39 is 41.4 Å². The van der Waals surface area contributed by atoms with Crippen LogP contribution in [0.5, 0.6) is 11.5 Å². The van der Waals surface area contributed by atoms with Gasteiger partial charge >= 0.3 is 6.36 Å². The van der Waals surface area contributed by atoms with E-state index in [9.17, 15) is 32.3 Å². The largest absolute Gasteiger partial charge is 0.573 e. The summed E-state index contributed by atoms with van der Waals surface area (Å²) in [6, 6.07) is 13.4. The molecule has 1 aliphatic rings. The van der Waals surface area contributed by atoms with Crippen LogP contribution in [-0.4, -0.2) is 30.3 Å². The van der Waals surface area contributed by atoms with Crippen LogP contribution in [0.1, 0.15) is 22.7 Å². The monoisotopic (exact) mass is 501 g/mol. The number of benzene rings is 3. The predicted octanol–water partition coefficient (Wildman–Crippen LogP) is 5.67. The van der Waals surface area contributed by atoms with Crippen LogP contribution in [0.4, 0.5) is 23.2 Å². The lowest BCUT2D eigenvalue weighted by Gasteiger charge is -2.26. The lowest BCUT2D eigenvalue weighted by Crippen LogP contribution is -2.29. The number of hydrogen-bond donors (Lipinski definition) is 1. The molecule has 0 saturated carbocycles. The number of aliphatic hydroxyl groups is 1. The van der Waals surface area contributed by atoms with Gasteiger partial charge in [0.2, 0.25) is 0 Å². The predicted molar refractivity (Wildman–Crippen MR) is 122 cm³/mol. The molecular formula is C26H19F4NO5. The summed E-state index contributed by atoms with van der Waals surface area (Å²) in [6.07, 6.45) is -4.97. The highest BCUT2D eigenvalue weighted by Gasteiger charge is 2.47. The van der Waals surface area contributed by atoms with Crippen LogP contribution < -0.4 is 14.4 Å². The molecule has 1 fully saturated rings. The van der Waals surface area contributed by atoms with Crippen LogP contribution in [0.25, 0.3) is 5.76 Å². The fourth-order valence-electron chi connectivity index (χ4n) is 4.00. The van der Waals surface area contributed by atoms with Gasteiger partial charge in [-0.25, -0.2) is 4.39 Å². The molecule has 4 rings (SSSR count). The number of ether oxygens (including phenoxy) is 2. The van der Waals surface area contributed by atoms with Gasteiger partial charge in [-0.2, -0.15) is 0 Å². The first-order chi connectivity index (χ1) is 17.0. The Bertz CT molecular complexity index is 1380. The Morgan fingerprint density at radius 2 is 1.67 bits per heavy atom. The summed E-state index contributed by atoms with van der Waals surface area (Å²) in [6.45, 7) is 1.47. The molecule has 36 heavy (non-hydrogen) atoms. The number of halogens is 4. The standard InChI is InChI=1S/C26H19F4NO5/c1-14-11-16(9-10-20(14)27)23(32)21-22(15-5-3-7-18(12-15)35-2)31(25(34)24(21)33)17-6-4-8-19(13-17)36-26(28,29)30/h3-13,22,32H,1-2H3/b23-21+. The number of hydrogen-bond acceptors (Lipinski definition) is 5. The number of aryl methyl sites for hydroxylation is 1.